The topological polar surface area (TPSA) is 56.1 Å². The summed E-state index contributed by atoms with van der Waals surface area (Å²) >= 11 is 0. The van der Waals surface area contributed by atoms with Gasteiger partial charge in [0.15, 0.2) is 0 Å². The number of hydrogen-bond acceptors (Lipinski definition) is 3. The number of nitrogens with one attached hydrogen (secondary N) is 1. The lowest BCUT2D eigenvalue weighted by Crippen LogP contribution is -2.41. The van der Waals surface area contributed by atoms with Gasteiger partial charge in [-0.1, -0.05) is 12.1 Å². The van der Waals surface area contributed by atoms with Gasteiger partial charge in [-0.25, -0.2) is 13.8 Å². The molecule has 24 heavy (non-hydrogen) atoms. The first-order valence-corrected chi connectivity index (χ1v) is 7.86. The molecule has 0 radical (unpaired) electrons. The minimum Gasteiger partial charge on any atom is -0.368 e. The Morgan fingerprint density at radius 2 is 2.21 bits per heavy atom. The molecule has 3 rings (SSSR count). The summed E-state index contributed by atoms with van der Waals surface area (Å²) in [7, 11) is 0. The molecule has 1 aromatic carbocycles. The molecule has 1 saturated heterocycles. The normalized spacial score (nSPS) is 21.6. The van der Waals surface area contributed by atoms with E-state index in [1.165, 1.54) is 24.3 Å². The van der Waals surface area contributed by atoms with E-state index < -0.39 is 24.6 Å². The van der Waals surface area contributed by atoms with E-state index in [1.807, 2.05) is 10.8 Å². The molecule has 0 spiro atoms. The Hall–Kier alpha value is -2.28. The standard InChI is InChI=1S/C17H19F2N3O2/c18-9-15(12-1-3-14(19)4-2-12)21-17(23)16-13(5-8-24-16)10-22-7-6-20-11-22/h1-4,6-7,11,13,15-16H,5,8-10H2,(H,21,23)/t13-,15?,16-/m1/s1. The van der Waals surface area contributed by atoms with Gasteiger partial charge in [-0.05, 0) is 24.1 Å². The van der Waals surface area contributed by atoms with E-state index in [-0.39, 0.29) is 11.8 Å². The number of carbonyl (C=O) groups is 1. The molecule has 1 fully saturated rings. The fraction of sp³-hybridized carbons (Fsp3) is 0.412. The van der Waals surface area contributed by atoms with Crippen LogP contribution < -0.4 is 5.32 Å². The molecule has 2 heterocycles. The number of carbonyl (C=O) groups excluding carboxylic acids is 1. The van der Waals surface area contributed by atoms with Gasteiger partial charge in [0.05, 0.1) is 12.4 Å². The Balaban J connectivity index is 1.64. The van der Waals surface area contributed by atoms with E-state index in [2.05, 4.69) is 10.3 Å². The lowest BCUT2D eigenvalue weighted by atomic mass is 10.00. The highest BCUT2D eigenvalue weighted by molar-refractivity contribution is 5.81. The zero-order chi connectivity index (χ0) is 16.9. The van der Waals surface area contributed by atoms with Crippen molar-refractivity contribution >= 4 is 5.91 Å². The van der Waals surface area contributed by atoms with Gasteiger partial charge < -0.3 is 14.6 Å². The quantitative estimate of drug-likeness (QED) is 0.881. The first kappa shape index (κ1) is 16.6. The summed E-state index contributed by atoms with van der Waals surface area (Å²) in [4.78, 5) is 16.5. The number of amides is 1. The summed E-state index contributed by atoms with van der Waals surface area (Å²) in [6.07, 6.45) is 5.33. The van der Waals surface area contributed by atoms with Crippen molar-refractivity contribution in [1.29, 1.82) is 0 Å². The SMILES string of the molecule is O=C(NC(CF)c1ccc(F)cc1)[C@@H]1OCC[C@@H]1Cn1ccnc1. The Labute approximate surface area is 138 Å². The van der Waals surface area contributed by atoms with E-state index in [9.17, 15) is 13.6 Å². The lowest BCUT2D eigenvalue weighted by molar-refractivity contribution is -0.132. The van der Waals surface area contributed by atoms with Gasteiger partial charge in [0.1, 0.15) is 18.6 Å². The second-order valence-electron chi connectivity index (χ2n) is 5.87. The Morgan fingerprint density at radius 3 is 2.88 bits per heavy atom. The molecule has 1 aliphatic heterocycles. The van der Waals surface area contributed by atoms with Crippen LogP contribution in [0.1, 0.15) is 18.0 Å². The Morgan fingerprint density at radius 1 is 1.42 bits per heavy atom. The van der Waals surface area contributed by atoms with Crippen LogP contribution in [0.4, 0.5) is 8.78 Å². The Bertz CT molecular complexity index is 661. The molecule has 1 aliphatic rings. The van der Waals surface area contributed by atoms with Crippen LogP contribution in [0.15, 0.2) is 43.0 Å². The molecule has 7 heteroatoms. The van der Waals surface area contributed by atoms with Gasteiger partial charge in [0, 0.05) is 31.5 Å². The van der Waals surface area contributed by atoms with Gasteiger partial charge in [0.25, 0.3) is 0 Å². The number of rotatable bonds is 6. The van der Waals surface area contributed by atoms with Gasteiger partial charge in [-0.2, -0.15) is 0 Å². The van der Waals surface area contributed by atoms with Crippen molar-refractivity contribution in [2.24, 2.45) is 5.92 Å². The second-order valence-corrected chi connectivity index (χ2v) is 5.87. The first-order chi connectivity index (χ1) is 11.7. The highest BCUT2D eigenvalue weighted by atomic mass is 19.1. The summed E-state index contributed by atoms with van der Waals surface area (Å²) in [6.45, 7) is 0.347. The van der Waals surface area contributed by atoms with Crippen molar-refractivity contribution < 1.29 is 18.3 Å². The zero-order valence-electron chi connectivity index (χ0n) is 13.1. The monoisotopic (exact) mass is 335 g/mol. The minimum atomic E-state index is -0.809. The molecule has 128 valence electrons. The molecule has 1 aromatic heterocycles. The average Bonchev–Trinajstić information content (AvgIpc) is 3.26. The van der Waals surface area contributed by atoms with Crippen LogP contribution in [0.5, 0.6) is 0 Å². The third kappa shape index (κ3) is 3.79. The summed E-state index contributed by atoms with van der Waals surface area (Å²) < 4.78 is 33.8. The fourth-order valence-electron chi connectivity index (χ4n) is 2.94. The molecule has 0 aliphatic carbocycles. The summed E-state index contributed by atoms with van der Waals surface area (Å²) in [5, 5.41) is 2.67. The van der Waals surface area contributed by atoms with Gasteiger partial charge in [-0.15, -0.1) is 0 Å². The largest absolute Gasteiger partial charge is 0.368 e. The van der Waals surface area contributed by atoms with Crippen molar-refractivity contribution in [2.45, 2.75) is 25.1 Å². The smallest absolute Gasteiger partial charge is 0.250 e. The molecule has 2 aromatic rings. The van der Waals surface area contributed by atoms with Crippen LogP contribution in [0.2, 0.25) is 0 Å². The van der Waals surface area contributed by atoms with E-state index in [0.29, 0.717) is 18.7 Å². The second kappa shape index (κ2) is 7.53. The molecule has 1 N–H and O–H groups in total. The minimum absolute atomic E-state index is 0.00711. The fourth-order valence-corrected chi connectivity index (χ4v) is 2.94. The van der Waals surface area contributed by atoms with Crippen LogP contribution in [0, 0.1) is 11.7 Å². The van der Waals surface area contributed by atoms with Crippen LogP contribution in [0.25, 0.3) is 0 Å². The number of nitrogens with zero attached hydrogens (tertiary/aromatic N) is 2. The first-order valence-electron chi connectivity index (χ1n) is 7.86. The van der Waals surface area contributed by atoms with Crippen molar-refractivity contribution in [3.63, 3.8) is 0 Å². The molecule has 1 amide bonds. The molecular formula is C17H19F2N3O2. The number of alkyl halides is 1. The maximum absolute atomic E-state index is 13.3. The van der Waals surface area contributed by atoms with E-state index in [0.717, 1.165) is 6.42 Å². The molecule has 1 unspecified atom stereocenters. The lowest BCUT2D eigenvalue weighted by Gasteiger charge is -2.22. The maximum atomic E-state index is 13.3. The predicted molar refractivity (Wildman–Crippen MR) is 83.3 cm³/mol. The highest BCUT2D eigenvalue weighted by Crippen LogP contribution is 2.24. The molecule has 5 nitrogen and oxygen atoms in total. The Kier molecular flexibility index (Phi) is 5.20. The number of hydrogen-bond donors (Lipinski definition) is 1. The number of halogens is 2. The number of imidazole rings is 1. The van der Waals surface area contributed by atoms with Crippen LogP contribution in [-0.4, -0.2) is 34.8 Å². The van der Waals surface area contributed by atoms with Crippen LogP contribution in [0.3, 0.4) is 0 Å². The predicted octanol–water partition coefficient (Wildman–Crippen LogP) is 2.25. The number of benzene rings is 1. The van der Waals surface area contributed by atoms with Gasteiger partial charge in [0.2, 0.25) is 5.91 Å². The third-order valence-electron chi connectivity index (χ3n) is 4.22. The molecule has 3 atom stereocenters. The summed E-state index contributed by atoms with van der Waals surface area (Å²) in [5.74, 6) is -0.737. The van der Waals surface area contributed by atoms with Crippen molar-refractivity contribution in [2.75, 3.05) is 13.3 Å². The number of ether oxygens (including phenoxy) is 1. The van der Waals surface area contributed by atoms with Crippen LogP contribution >= 0.6 is 0 Å². The number of aromatic nitrogens is 2. The zero-order valence-corrected chi connectivity index (χ0v) is 13.1. The van der Waals surface area contributed by atoms with Crippen molar-refractivity contribution in [1.82, 2.24) is 14.9 Å². The maximum Gasteiger partial charge on any atom is 0.250 e. The van der Waals surface area contributed by atoms with Crippen molar-refractivity contribution in [3.05, 3.63) is 54.4 Å². The summed E-state index contributed by atoms with van der Waals surface area (Å²) in [5.41, 5.74) is 0.524. The summed E-state index contributed by atoms with van der Waals surface area (Å²) in [6, 6.07) is 4.63. The molecular weight excluding hydrogens is 316 g/mol. The van der Waals surface area contributed by atoms with Crippen LogP contribution in [-0.2, 0) is 16.1 Å². The van der Waals surface area contributed by atoms with E-state index >= 15 is 0 Å². The molecule has 0 saturated carbocycles. The van der Waals surface area contributed by atoms with E-state index in [4.69, 9.17) is 4.74 Å². The average molecular weight is 335 g/mol. The van der Waals surface area contributed by atoms with Crippen molar-refractivity contribution in [3.8, 4) is 0 Å². The highest BCUT2D eigenvalue weighted by Gasteiger charge is 2.35. The van der Waals surface area contributed by atoms with E-state index in [1.54, 1.807) is 12.5 Å². The van der Waals surface area contributed by atoms with Gasteiger partial charge >= 0.3 is 0 Å². The molecule has 0 bridgehead atoms. The third-order valence-corrected chi connectivity index (χ3v) is 4.22. The van der Waals surface area contributed by atoms with Gasteiger partial charge in [-0.3, -0.25) is 4.79 Å².